The maximum absolute atomic E-state index is 12.5. The lowest BCUT2D eigenvalue weighted by molar-refractivity contribution is -0.174. The van der Waals surface area contributed by atoms with Crippen molar-refractivity contribution in [3.8, 4) is 5.75 Å². The number of rotatable bonds is 3. The summed E-state index contributed by atoms with van der Waals surface area (Å²) in [5.74, 6) is -1.35. The van der Waals surface area contributed by atoms with Crippen LogP contribution in [0, 0.1) is 5.92 Å². The van der Waals surface area contributed by atoms with Crippen molar-refractivity contribution in [1.82, 2.24) is 5.06 Å². The Bertz CT molecular complexity index is 885. The van der Waals surface area contributed by atoms with Crippen LogP contribution in [-0.2, 0) is 22.5 Å². The van der Waals surface area contributed by atoms with Gasteiger partial charge < -0.3 is 9.57 Å². The number of benzene rings is 2. The number of fused-ring (bicyclic) bond motifs is 2. The van der Waals surface area contributed by atoms with Gasteiger partial charge in [-0.05, 0) is 54.7 Å². The van der Waals surface area contributed by atoms with Gasteiger partial charge in [-0.2, -0.15) is 0 Å². The zero-order chi connectivity index (χ0) is 18.3. The van der Waals surface area contributed by atoms with Crippen molar-refractivity contribution in [3.05, 3.63) is 64.7 Å². The van der Waals surface area contributed by atoms with Gasteiger partial charge in [0.2, 0.25) is 0 Å². The highest BCUT2D eigenvalue weighted by molar-refractivity contribution is 6.20. The molecule has 1 unspecified atom stereocenters. The molecule has 0 N–H and O–H groups in total. The molecule has 132 valence electrons. The average molecular weight is 351 g/mol. The van der Waals surface area contributed by atoms with Crippen LogP contribution in [0.4, 0.5) is 0 Å². The van der Waals surface area contributed by atoms with Gasteiger partial charge in [0.25, 0.3) is 11.8 Å². The number of carbonyl (C=O) groups is 3. The monoisotopic (exact) mass is 351 g/mol. The Morgan fingerprint density at radius 1 is 1.04 bits per heavy atom. The Kier molecular flexibility index (Phi) is 3.95. The molecule has 0 fully saturated rings. The van der Waals surface area contributed by atoms with Gasteiger partial charge in [0.1, 0.15) is 5.75 Å². The van der Waals surface area contributed by atoms with Gasteiger partial charge in [0.05, 0.1) is 24.2 Å². The van der Waals surface area contributed by atoms with Gasteiger partial charge in [-0.15, -0.1) is 0 Å². The third kappa shape index (κ3) is 2.63. The van der Waals surface area contributed by atoms with E-state index in [9.17, 15) is 14.4 Å². The number of methoxy groups -OCH3 is 1. The Balaban J connectivity index is 1.48. The number of imide groups is 1. The quantitative estimate of drug-likeness (QED) is 0.795. The maximum atomic E-state index is 12.5. The van der Waals surface area contributed by atoms with Gasteiger partial charge >= 0.3 is 5.97 Å². The lowest BCUT2D eigenvalue weighted by atomic mass is 9.84. The molecule has 0 saturated carbocycles. The number of aryl methyl sites for hydroxylation is 1. The summed E-state index contributed by atoms with van der Waals surface area (Å²) in [7, 11) is 1.62. The van der Waals surface area contributed by atoms with Crippen LogP contribution in [0.5, 0.6) is 5.75 Å². The summed E-state index contributed by atoms with van der Waals surface area (Å²) in [6.07, 6.45) is 1.83. The first-order chi connectivity index (χ1) is 12.6. The van der Waals surface area contributed by atoms with Crippen LogP contribution in [0.3, 0.4) is 0 Å². The van der Waals surface area contributed by atoms with Crippen LogP contribution in [0.15, 0.2) is 42.5 Å². The van der Waals surface area contributed by atoms with Gasteiger partial charge in [-0.1, -0.05) is 23.3 Å². The van der Waals surface area contributed by atoms with E-state index in [1.54, 1.807) is 31.4 Å². The van der Waals surface area contributed by atoms with Crippen LogP contribution >= 0.6 is 0 Å². The zero-order valence-corrected chi connectivity index (χ0v) is 14.2. The van der Waals surface area contributed by atoms with Crippen molar-refractivity contribution in [1.29, 1.82) is 0 Å². The summed E-state index contributed by atoms with van der Waals surface area (Å²) in [5, 5.41) is 0.580. The van der Waals surface area contributed by atoms with E-state index in [1.807, 2.05) is 18.2 Å². The molecule has 1 atom stereocenters. The number of hydroxylamine groups is 2. The highest BCUT2D eigenvalue weighted by Gasteiger charge is 2.40. The van der Waals surface area contributed by atoms with Crippen molar-refractivity contribution < 1.29 is 24.0 Å². The Morgan fingerprint density at radius 2 is 1.73 bits per heavy atom. The van der Waals surface area contributed by atoms with E-state index in [0.717, 1.165) is 16.9 Å². The van der Waals surface area contributed by atoms with Crippen molar-refractivity contribution >= 4 is 17.8 Å². The molecule has 0 saturated heterocycles. The summed E-state index contributed by atoms with van der Waals surface area (Å²) < 4.78 is 5.22. The zero-order valence-electron chi connectivity index (χ0n) is 14.2. The van der Waals surface area contributed by atoms with Gasteiger partial charge in [0, 0.05) is 0 Å². The SMILES string of the molecule is COc1ccc2c(c1)CCC(C(=O)ON1C(=O)c3ccccc3C1=O)C2. The Labute approximate surface area is 150 Å². The van der Waals surface area contributed by atoms with E-state index in [1.165, 1.54) is 0 Å². The largest absolute Gasteiger partial charge is 0.497 e. The Hall–Kier alpha value is -3.15. The fourth-order valence-corrected chi connectivity index (χ4v) is 3.47. The van der Waals surface area contributed by atoms with E-state index < -0.39 is 17.8 Å². The highest BCUT2D eigenvalue weighted by Crippen LogP contribution is 2.30. The second-order valence-corrected chi connectivity index (χ2v) is 6.43. The molecular weight excluding hydrogens is 334 g/mol. The third-order valence-electron chi connectivity index (χ3n) is 4.91. The summed E-state index contributed by atoms with van der Waals surface area (Å²) >= 11 is 0. The van der Waals surface area contributed by atoms with Crippen LogP contribution in [0.1, 0.15) is 38.3 Å². The third-order valence-corrected chi connectivity index (χ3v) is 4.91. The van der Waals surface area contributed by atoms with E-state index in [2.05, 4.69) is 0 Å². The molecule has 2 aromatic rings. The standard InChI is InChI=1S/C20H17NO5/c1-25-15-9-8-12-10-14(7-6-13(12)11-15)20(24)26-21-18(22)16-4-2-3-5-17(16)19(21)23/h2-5,8-9,11,14H,6-7,10H2,1H3. The molecule has 1 aliphatic heterocycles. The van der Waals surface area contributed by atoms with Crippen LogP contribution < -0.4 is 4.74 Å². The van der Waals surface area contributed by atoms with Crippen LogP contribution in [0.2, 0.25) is 0 Å². The highest BCUT2D eigenvalue weighted by atomic mass is 16.7. The molecule has 26 heavy (non-hydrogen) atoms. The number of nitrogens with zero attached hydrogens (tertiary/aromatic N) is 1. The topological polar surface area (TPSA) is 72.9 Å². The first-order valence-electron chi connectivity index (χ1n) is 8.44. The normalized spacial score (nSPS) is 18.3. The van der Waals surface area contributed by atoms with Crippen LogP contribution in [-0.4, -0.2) is 30.0 Å². The fraction of sp³-hybridized carbons (Fsp3) is 0.250. The van der Waals surface area contributed by atoms with E-state index >= 15 is 0 Å². The predicted molar refractivity (Wildman–Crippen MR) is 91.5 cm³/mol. The molecule has 2 aliphatic rings. The average Bonchev–Trinajstić information content (AvgIpc) is 2.92. The van der Waals surface area contributed by atoms with Gasteiger partial charge in [0.15, 0.2) is 0 Å². The Morgan fingerprint density at radius 3 is 2.38 bits per heavy atom. The molecule has 0 spiro atoms. The molecule has 6 nitrogen and oxygen atoms in total. The number of carbonyl (C=O) groups excluding carboxylic acids is 3. The lowest BCUT2D eigenvalue weighted by Crippen LogP contribution is -2.36. The molecule has 0 radical (unpaired) electrons. The number of hydrogen-bond acceptors (Lipinski definition) is 5. The smallest absolute Gasteiger partial charge is 0.336 e. The molecular formula is C20H17NO5. The minimum atomic E-state index is -0.597. The first kappa shape index (κ1) is 16.3. The summed E-state index contributed by atoms with van der Waals surface area (Å²) in [5.41, 5.74) is 2.72. The minimum Gasteiger partial charge on any atom is -0.497 e. The molecule has 1 heterocycles. The number of hydrogen-bond donors (Lipinski definition) is 0. The molecule has 0 aromatic heterocycles. The minimum absolute atomic E-state index is 0.256. The van der Waals surface area contributed by atoms with Crippen LogP contribution in [0.25, 0.3) is 0 Å². The molecule has 0 bridgehead atoms. The molecule has 2 amide bonds. The molecule has 6 heteroatoms. The van der Waals surface area contributed by atoms with Gasteiger partial charge in [-0.25, -0.2) is 4.79 Å². The second kappa shape index (κ2) is 6.29. The van der Waals surface area contributed by atoms with Crippen molar-refractivity contribution in [3.63, 3.8) is 0 Å². The second-order valence-electron chi connectivity index (χ2n) is 6.43. The van der Waals surface area contributed by atoms with E-state index in [0.29, 0.717) is 24.3 Å². The van der Waals surface area contributed by atoms with E-state index in [-0.39, 0.29) is 17.0 Å². The fourth-order valence-electron chi connectivity index (χ4n) is 3.47. The molecule has 4 rings (SSSR count). The molecule has 1 aliphatic carbocycles. The predicted octanol–water partition coefficient (Wildman–Crippen LogP) is 2.55. The number of amides is 2. The summed E-state index contributed by atoms with van der Waals surface area (Å²) in [6.45, 7) is 0. The van der Waals surface area contributed by atoms with E-state index in [4.69, 9.17) is 9.57 Å². The van der Waals surface area contributed by atoms with Crippen molar-refractivity contribution in [2.24, 2.45) is 5.92 Å². The summed E-state index contributed by atoms with van der Waals surface area (Å²) in [4.78, 5) is 42.3. The molecule has 2 aromatic carbocycles. The van der Waals surface area contributed by atoms with Gasteiger partial charge in [-0.3, -0.25) is 9.59 Å². The lowest BCUT2D eigenvalue weighted by Gasteiger charge is -2.24. The van der Waals surface area contributed by atoms with Crippen molar-refractivity contribution in [2.45, 2.75) is 19.3 Å². The maximum Gasteiger partial charge on any atom is 0.336 e. The van der Waals surface area contributed by atoms with Crippen molar-refractivity contribution in [2.75, 3.05) is 7.11 Å². The summed E-state index contributed by atoms with van der Waals surface area (Å²) in [6, 6.07) is 12.2. The number of ether oxygens (including phenoxy) is 1. The first-order valence-corrected chi connectivity index (χ1v) is 8.44.